The summed E-state index contributed by atoms with van der Waals surface area (Å²) in [4.78, 5) is 18.0. The second-order valence-electron chi connectivity index (χ2n) is 4.28. The van der Waals surface area contributed by atoms with Gasteiger partial charge in [-0.25, -0.2) is 4.98 Å². The molecule has 0 radical (unpaired) electrons. The quantitative estimate of drug-likeness (QED) is 0.423. The summed E-state index contributed by atoms with van der Waals surface area (Å²) in [6.45, 7) is 0. The molecule has 5 nitrogen and oxygen atoms in total. The van der Waals surface area contributed by atoms with Gasteiger partial charge in [-0.1, -0.05) is 30.0 Å². The van der Waals surface area contributed by atoms with Crippen molar-refractivity contribution in [1.82, 2.24) is 15.2 Å². The van der Waals surface area contributed by atoms with E-state index in [0.29, 0.717) is 5.56 Å². The summed E-state index contributed by atoms with van der Waals surface area (Å²) in [5.41, 5.74) is 0.556. The van der Waals surface area contributed by atoms with Crippen molar-refractivity contribution in [3.05, 3.63) is 64.9 Å². The number of benzene rings is 1. The van der Waals surface area contributed by atoms with Gasteiger partial charge < -0.3 is 5.11 Å². The number of aliphatic hydroxyl groups excluding tert-OH is 1. The maximum atomic E-state index is 12.3. The van der Waals surface area contributed by atoms with Crippen LogP contribution in [-0.4, -0.2) is 26.1 Å². The molecular formula is C15H11N3O2S2. The molecule has 0 fully saturated rings. The lowest BCUT2D eigenvalue weighted by molar-refractivity contribution is 0.104. The number of carbonyl (C=O) groups excluding carboxylic acids is 1. The van der Waals surface area contributed by atoms with E-state index in [-0.39, 0.29) is 17.4 Å². The zero-order valence-electron chi connectivity index (χ0n) is 11.3. The van der Waals surface area contributed by atoms with E-state index in [9.17, 15) is 9.90 Å². The zero-order chi connectivity index (χ0) is 15.4. The van der Waals surface area contributed by atoms with Gasteiger partial charge in [-0.05, 0) is 12.1 Å². The predicted molar refractivity (Wildman–Crippen MR) is 86.2 cm³/mol. The van der Waals surface area contributed by atoms with Crippen LogP contribution in [0.1, 0.15) is 16.2 Å². The van der Waals surface area contributed by atoms with E-state index in [2.05, 4.69) is 15.2 Å². The first-order chi connectivity index (χ1) is 10.7. The number of nitrogens with one attached hydrogen (secondary N) is 1. The number of thiophene rings is 1. The van der Waals surface area contributed by atoms with Crippen LogP contribution < -0.4 is 0 Å². The Morgan fingerprint density at radius 3 is 2.82 bits per heavy atom. The largest absolute Gasteiger partial charge is 0.504 e. The Hall–Kier alpha value is -2.38. The van der Waals surface area contributed by atoms with Crippen LogP contribution in [0.2, 0.25) is 0 Å². The minimum Gasteiger partial charge on any atom is -0.504 e. The van der Waals surface area contributed by atoms with Crippen molar-refractivity contribution in [3.63, 3.8) is 0 Å². The normalized spacial score (nSPS) is 11.5. The zero-order valence-corrected chi connectivity index (χ0v) is 12.9. The highest BCUT2D eigenvalue weighted by molar-refractivity contribution is 7.99. The minimum atomic E-state index is -0.276. The summed E-state index contributed by atoms with van der Waals surface area (Å²) >= 11 is 2.96. The Morgan fingerprint density at radius 1 is 1.27 bits per heavy atom. The number of rotatable bonds is 5. The van der Waals surface area contributed by atoms with E-state index in [1.54, 1.807) is 5.38 Å². The smallest absolute Gasteiger partial charge is 0.215 e. The lowest BCUT2D eigenvalue weighted by Gasteiger charge is -2.01. The maximum Gasteiger partial charge on any atom is 0.215 e. The van der Waals surface area contributed by atoms with Crippen LogP contribution in [0.25, 0.3) is 5.76 Å². The second kappa shape index (κ2) is 6.59. The SMILES string of the molecule is O=C(C=C(O)c1nc[nH]n1)c1cscc1Sc1ccccc1. The molecule has 0 bridgehead atoms. The van der Waals surface area contributed by atoms with Gasteiger partial charge in [0.05, 0.1) is 0 Å². The first-order valence-electron chi connectivity index (χ1n) is 6.34. The Kier molecular flexibility index (Phi) is 4.36. The van der Waals surface area contributed by atoms with Gasteiger partial charge in [0.2, 0.25) is 5.82 Å². The average Bonchev–Trinajstić information content (AvgIpc) is 3.19. The van der Waals surface area contributed by atoms with Crippen molar-refractivity contribution in [1.29, 1.82) is 0 Å². The predicted octanol–water partition coefficient (Wildman–Crippen LogP) is 3.80. The van der Waals surface area contributed by atoms with Crippen LogP contribution in [0.5, 0.6) is 0 Å². The van der Waals surface area contributed by atoms with E-state index < -0.39 is 0 Å². The summed E-state index contributed by atoms with van der Waals surface area (Å²) in [6, 6.07) is 9.81. The van der Waals surface area contributed by atoms with Gasteiger partial charge in [-0.2, -0.15) is 16.4 Å². The van der Waals surface area contributed by atoms with Crippen LogP contribution in [-0.2, 0) is 0 Å². The molecule has 0 saturated carbocycles. The fourth-order valence-electron chi connectivity index (χ4n) is 1.76. The van der Waals surface area contributed by atoms with Crippen LogP contribution in [0.3, 0.4) is 0 Å². The number of aromatic nitrogens is 3. The molecule has 0 amide bonds. The van der Waals surface area contributed by atoms with Crippen molar-refractivity contribution < 1.29 is 9.90 Å². The van der Waals surface area contributed by atoms with Crippen LogP contribution in [0.4, 0.5) is 0 Å². The molecule has 3 rings (SSSR count). The van der Waals surface area contributed by atoms with Crippen molar-refractivity contribution >= 4 is 34.6 Å². The number of aliphatic hydroxyl groups is 1. The molecule has 0 unspecified atom stereocenters. The van der Waals surface area contributed by atoms with Crippen molar-refractivity contribution in [2.24, 2.45) is 0 Å². The molecular weight excluding hydrogens is 318 g/mol. The first-order valence-corrected chi connectivity index (χ1v) is 8.10. The van der Waals surface area contributed by atoms with E-state index in [1.807, 2.05) is 35.7 Å². The number of H-pyrrole nitrogens is 1. The van der Waals surface area contributed by atoms with Gasteiger partial charge in [0.1, 0.15) is 6.33 Å². The van der Waals surface area contributed by atoms with Crippen molar-refractivity contribution in [2.45, 2.75) is 9.79 Å². The average molecular weight is 329 g/mol. The van der Waals surface area contributed by atoms with Crippen molar-refractivity contribution in [2.75, 3.05) is 0 Å². The molecule has 0 atom stereocenters. The number of aromatic amines is 1. The van der Waals surface area contributed by atoms with Crippen LogP contribution in [0.15, 0.2) is 63.3 Å². The number of hydrogen-bond acceptors (Lipinski definition) is 6. The minimum absolute atomic E-state index is 0.0980. The Bertz CT molecular complexity index is 795. The number of allylic oxidation sites excluding steroid dienone is 1. The van der Waals surface area contributed by atoms with Gasteiger partial charge in [-0.3, -0.25) is 9.89 Å². The lowest BCUT2D eigenvalue weighted by Crippen LogP contribution is -1.97. The van der Waals surface area contributed by atoms with Crippen LogP contribution >= 0.6 is 23.1 Å². The lowest BCUT2D eigenvalue weighted by atomic mass is 10.2. The van der Waals surface area contributed by atoms with Gasteiger partial charge >= 0.3 is 0 Å². The van der Waals surface area contributed by atoms with E-state index in [1.165, 1.54) is 29.4 Å². The molecule has 22 heavy (non-hydrogen) atoms. The molecule has 1 aromatic carbocycles. The summed E-state index contributed by atoms with van der Waals surface area (Å²) in [5, 5.41) is 19.8. The third kappa shape index (κ3) is 3.26. The molecule has 2 N–H and O–H groups in total. The molecule has 7 heteroatoms. The van der Waals surface area contributed by atoms with Gasteiger partial charge in [0, 0.05) is 32.2 Å². The summed E-state index contributed by atoms with van der Waals surface area (Å²) < 4.78 is 0. The number of nitrogens with zero attached hydrogens (tertiary/aromatic N) is 2. The van der Waals surface area contributed by atoms with Gasteiger partial charge in [0.25, 0.3) is 0 Å². The highest BCUT2D eigenvalue weighted by atomic mass is 32.2. The molecule has 0 spiro atoms. The summed E-state index contributed by atoms with van der Waals surface area (Å²) in [6.07, 6.45) is 2.48. The van der Waals surface area contributed by atoms with Crippen molar-refractivity contribution in [3.8, 4) is 0 Å². The Balaban J connectivity index is 1.82. The Labute approximate surface area is 134 Å². The fourth-order valence-corrected chi connectivity index (χ4v) is 3.71. The standard InChI is InChI=1S/C15H11N3O2S2/c19-12(6-13(20)15-16-9-17-18-15)11-7-21-8-14(11)22-10-4-2-1-3-5-10/h1-9,20H,(H,16,17,18). The molecule has 3 aromatic rings. The molecule has 110 valence electrons. The molecule has 0 saturated heterocycles. The van der Waals surface area contributed by atoms with E-state index in [4.69, 9.17) is 0 Å². The third-order valence-corrected chi connectivity index (χ3v) is 4.73. The highest BCUT2D eigenvalue weighted by Crippen LogP contribution is 2.33. The third-order valence-electron chi connectivity index (χ3n) is 2.77. The van der Waals surface area contributed by atoms with Gasteiger partial charge in [-0.15, -0.1) is 0 Å². The van der Waals surface area contributed by atoms with Crippen LogP contribution in [0, 0.1) is 0 Å². The molecule has 2 aromatic heterocycles. The number of ketones is 1. The molecule has 0 aliphatic rings. The summed E-state index contributed by atoms with van der Waals surface area (Å²) in [5.74, 6) is -0.434. The fraction of sp³-hybridized carbons (Fsp3) is 0. The monoisotopic (exact) mass is 329 g/mol. The van der Waals surface area contributed by atoms with E-state index in [0.717, 1.165) is 15.9 Å². The Morgan fingerprint density at radius 2 is 2.09 bits per heavy atom. The maximum absolute atomic E-state index is 12.3. The summed E-state index contributed by atoms with van der Waals surface area (Å²) in [7, 11) is 0. The highest BCUT2D eigenvalue weighted by Gasteiger charge is 2.14. The van der Waals surface area contributed by atoms with E-state index >= 15 is 0 Å². The first kappa shape index (κ1) is 14.6. The topological polar surface area (TPSA) is 78.9 Å². The number of hydrogen-bond donors (Lipinski definition) is 2. The molecule has 0 aliphatic carbocycles. The molecule has 0 aliphatic heterocycles. The van der Waals surface area contributed by atoms with Gasteiger partial charge in [0.15, 0.2) is 11.5 Å². The number of carbonyl (C=O) groups is 1. The molecule has 2 heterocycles. The second-order valence-corrected chi connectivity index (χ2v) is 6.14.